The van der Waals surface area contributed by atoms with Gasteiger partial charge in [-0.25, -0.2) is 0 Å². The van der Waals surface area contributed by atoms with Crippen LogP contribution in [0.3, 0.4) is 0 Å². The van der Waals surface area contributed by atoms with E-state index < -0.39 is 0 Å². The summed E-state index contributed by atoms with van der Waals surface area (Å²) in [6, 6.07) is 19.0. The average Bonchev–Trinajstić information content (AvgIpc) is 2.46. The van der Waals surface area contributed by atoms with Crippen molar-refractivity contribution in [2.24, 2.45) is 0 Å². The Morgan fingerprint density at radius 1 is 0.944 bits per heavy atom. The van der Waals surface area contributed by atoms with Crippen molar-refractivity contribution in [3.63, 3.8) is 0 Å². The highest BCUT2D eigenvalue weighted by Crippen LogP contribution is 2.17. The van der Waals surface area contributed by atoms with Crippen LogP contribution in [-0.2, 0) is 0 Å². The van der Waals surface area contributed by atoms with Gasteiger partial charge >= 0.3 is 0 Å². The molecule has 91 valence electrons. The first-order valence-electron chi connectivity index (χ1n) is 6.04. The van der Waals surface area contributed by atoms with Gasteiger partial charge in [-0.05, 0) is 30.7 Å². The lowest BCUT2D eigenvalue weighted by Crippen LogP contribution is -2.31. The van der Waals surface area contributed by atoms with E-state index in [1.165, 1.54) is 0 Å². The highest BCUT2D eigenvalue weighted by Gasteiger charge is 2.15. The van der Waals surface area contributed by atoms with Crippen LogP contribution in [0.4, 0.5) is 5.69 Å². The summed E-state index contributed by atoms with van der Waals surface area (Å²) in [4.78, 5) is 14.2. The van der Waals surface area contributed by atoms with Gasteiger partial charge in [0.15, 0.2) is 0 Å². The van der Waals surface area contributed by atoms with Gasteiger partial charge in [0.25, 0.3) is 5.91 Å². The molecule has 0 fully saturated rings. The van der Waals surface area contributed by atoms with Gasteiger partial charge in [-0.2, -0.15) is 0 Å². The highest BCUT2D eigenvalue weighted by molar-refractivity contribution is 6.06. The maximum atomic E-state index is 12.4. The molecule has 2 heteroatoms. The number of nitrogens with zero attached hydrogens (tertiary/aromatic N) is 1. The molecule has 0 atom stereocenters. The molecule has 0 aliphatic rings. The molecule has 2 rings (SSSR count). The second-order valence-corrected chi connectivity index (χ2v) is 4.01. The number of carbonyl (C=O) groups excluding carboxylic acids is 1. The Bertz CT molecular complexity index is 493. The van der Waals surface area contributed by atoms with Gasteiger partial charge in [-0.1, -0.05) is 43.3 Å². The zero-order valence-electron chi connectivity index (χ0n) is 10.3. The van der Waals surface area contributed by atoms with E-state index in [2.05, 4.69) is 6.92 Å². The molecule has 0 aliphatic heterocycles. The van der Waals surface area contributed by atoms with Crippen LogP contribution in [0.1, 0.15) is 16.8 Å². The third kappa shape index (κ3) is 2.77. The molecule has 0 aromatic heterocycles. The van der Waals surface area contributed by atoms with E-state index in [0.29, 0.717) is 18.5 Å². The minimum atomic E-state index is 0.0189. The largest absolute Gasteiger partial charge is 0.308 e. The molecule has 1 amide bonds. The van der Waals surface area contributed by atoms with Crippen molar-refractivity contribution in [2.45, 2.75) is 6.42 Å². The SMILES string of the molecule is [CH2]CCN(C(=O)c1ccccc1)c1ccccc1. The molecule has 2 aromatic carbocycles. The summed E-state index contributed by atoms with van der Waals surface area (Å²) in [7, 11) is 0. The van der Waals surface area contributed by atoms with Crippen molar-refractivity contribution < 1.29 is 4.79 Å². The number of rotatable bonds is 4. The molecule has 0 aliphatic carbocycles. The Morgan fingerprint density at radius 3 is 2.06 bits per heavy atom. The summed E-state index contributed by atoms with van der Waals surface area (Å²) in [5.74, 6) is 0.0189. The van der Waals surface area contributed by atoms with Crippen molar-refractivity contribution in [1.29, 1.82) is 0 Å². The van der Waals surface area contributed by atoms with E-state index in [1.807, 2.05) is 60.7 Å². The fraction of sp³-hybridized carbons (Fsp3) is 0.125. The van der Waals surface area contributed by atoms with Crippen molar-refractivity contribution in [3.05, 3.63) is 73.2 Å². The Balaban J connectivity index is 2.29. The standard InChI is InChI=1S/C16H16NO/c1-2-13-17(15-11-7-4-8-12-15)16(18)14-9-5-3-6-10-14/h3-12H,1-2,13H2. The van der Waals surface area contributed by atoms with Crippen LogP contribution < -0.4 is 4.90 Å². The predicted molar refractivity (Wildman–Crippen MR) is 74.5 cm³/mol. The maximum absolute atomic E-state index is 12.4. The molecule has 0 N–H and O–H groups in total. The van der Waals surface area contributed by atoms with Gasteiger partial charge in [0, 0.05) is 17.8 Å². The molecule has 2 aromatic rings. The van der Waals surface area contributed by atoms with E-state index in [-0.39, 0.29) is 5.91 Å². The van der Waals surface area contributed by atoms with Gasteiger partial charge in [0.1, 0.15) is 0 Å². The fourth-order valence-electron chi connectivity index (χ4n) is 1.85. The van der Waals surface area contributed by atoms with E-state index in [4.69, 9.17) is 0 Å². The maximum Gasteiger partial charge on any atom is 0.258 e. The normalized spacial score (nSPS) is 10.1. The van der Waals surface area contributed by atoms with Crippen LogP contribution in [0.15, 0.2) is 60.7 Å². The molecule has 2 nitrogen and oxygen atoms in total. The summed E-state index contributed by atoms with van der Waals surface area (Å²) in [6.07, 6.45) is 0.688. The number of hydrogen-bond acceptors (Lipinski definition) is 1. The molecule has 0 spiro atoms. The summed E-state index contributed by atoms with van der Waals surface area (Å²) in [5.41, 5.74) is 1.62. The number of anilines is 1. The zero-order chi connectivity index (χ0) is 12.8. The second kappa shape index (κ2) is 6.01. The quantitative estimate of drug-likeness (QED) is 0.797. The van der Waals surface area contributed by atoms with Crippen LogP contribution in [0.5, 0.6) is 0 Å². The van der Waals surface area contributed by atoms with Crippen LogP contribution in [0.25, 0.3) is 0 Å². The molecular weight excluding hydrogens is 222 g/mol. The molecule has 18 heavy (non-hydrogen) atoms. The number of para-hydroxylation sites is 1. The lowest BCUT2D eigenvalue weighted by Gasteiger charge is -2.22. The number of amides is 1. The lowest BCUT2D eigenvalue weighted by molar-refractivity contribution is 0.0987. The summed E-state index contributed by atoms with van der Waals surface area (Å²) in [5, 5.41) is 0. The fourth-order valence-corrected chi connectivity index (χ4v) is 1.85. The first-order chi connectivity index (χ1) is 8.83. The Morgan fingerprint density at radius 2 is 1.50 bits per heavy atom. The lowest BCUT2D eigenvalue weighted by atomic mass is 10.1. The molecule has 0 unspecified atom stereocenters. The van der Waals surface area contributed by atoms with Crippen molar-refractivity contribution >= 4 is 11.6 Å². The molecule has 0 saturated heterocycles. The second-order valence-electron chi connectivity index (χ2n) is 4.01. The monoisotopic (exact) mass is 238 g/mol. The van der Waals surface area contributed by atoms with Gasteiger partial charge in [-0.15, -0.1) is 0 Å². The summed E-state index contributed by atoms with van der Waals surface area (Å²) < 4.78 is 0. The van der Waals surface area contributed by atoms with Gasteiger partial charge in [0.2, 0.25) is 0 Å². The molecule has 0 bridgehead atoms. The number of benzene rings is 2. The third-order valence-corrected chi connectivity index (χ3v) is 2.72. The minimum absolute atomic E-state index is 0.0189. The highest BCUT2D eigenvalue weighted by atomic mass is 16.2. The van der Waals surface area contributed by atoms with E-state index >= 15 is 0 Å². The molecular formula is C16H16NO. The van der Waals surface area contributed by atoms with Crippen molar-refractivity contribution in [2.75, 3.05) is 11.4 Å². The minimum Gasteiger partial charge on any atom is -0.308 e. The first-order valence-corrected chi connectivity index (χ1v) is 6.04. The zero-order valence-corrected chi connectivity index (χ0v) is 10.3. The van der Waals surface area contributed by atoms with Gasteiger partial charge in [-0.3, -0.25) is 4.79 Å². The number of hydrogen-bond donors (Lipinski definition) is 0. The Kier molecular flexibility index (Phi) is 4.13. The summed E-state index contributed by atoms with van der Waals surface area (Å²) >= 11 is 0. The van der Waals surface area contributed by atoms with Crippen LogP contribution in [0, 0.1) is 6.92 Å². The Labute approximate surface area is 108 Å². The predicted octanol–water partition coefficient (Wildman–Crippen LogP) is 3.56. The molecule has 0 saturated carbocycles. The smallest absolute Gasteiger partial charge is 0.258 e. The Hall–Kier alpha value is -2.09. The average molecular weight is 238 g/mol. The summed E-state index contributed by atoms with van der Waals surface area (Å²) in [6.45, 7) is 4.46. The molecule has 0 heterocycles. The topological polar surface area (TPSA) is 20.3 Å². The van der Waals surface area contributed by atoms with E-state index in [0.717, 1.165) is 5.69 Å². The third-order valence-electron chi connectivity index (χ3n) is 2.72. The van der Waals surface area contributed by atoms with Crippen molar-refractivity contribution in [3.8, 4) is 0 Å². The van der Waals surface area contributed by atoms with Crippen LogP contribution in [-0.4, -0.2) is 12.5 Å². The van der Waals surface area contributed by atoms with E-state index in [1.54, 1.807) is 4.90 Å². The van der Waals surface area contributed by atoms with Gasteiger partial charge < -0.3 is 4.90 Å². The first kappa shape index (κ1) is 12.4. The van der Waals surface area contributed by atoms with Gasteiger partial charge in [0.05, 0.1) is 0 Å². The van der Waals surface area contributed by atoms with E-state index in [9.17, 15) is 4.79 Å². The van der Waals surface area contributed by atoms with Crippen LogP contribution in [0.2, 0.25) is 0 Å². The van der Waals surface area contributed by atoms with Crippen molar-refractivity contribution in [1.82, 2.24) is 0 Å². The van der Waals surface area contributed by atoms with Crippen LogP contribution >= 0.6 is 0 Å². The number of carbonyl (C=O) groups is 1. The molecule has 1 radical (unpaired) electrons.